The molecule has 0 radical (unpaired) electrons. The summed E-state index contributed by atoms with van der Waals surface area (Å²) in [6.45, 7) is 18.5. The van der Waals surface area contributed by atoms with Gasteiger partial charge in [0.1, 0.15) is 0 Å². The molecule has 0 bridgehead atoms. The van der Waals surface area contributed by atoms with Crippen molar-refractivity contribution in [3.05, 3.63) is 76.4 Å². The Morgan fingerprint density at radius 2 is 1.12 bits per heavy atom. The van der Waals surface area contributed by atoms with Gasteiger partial charge in [0.05, 0.1) is 22.8 Å². The van der Waals surface area contributed by atoms with Gasteiger partial charge in [0.15, 0.2) is 0 Å². The van der Waals surface area contributed by atoms with Gasteiger partial charge in [-0.3, -0.25) is 9.13 Å². The summed E-state index contributed by atoms with van der Waals surface area (Å²) in [5.41, 5.74) is 11.4. The first-order valence-electron chi connectivity index (χ1n) is 13.1. The van der Waals surface area contributed by atoms with Gasteiger partial charge in [0.25, 0.3) is 6.33 Å². The average molecular weight is 443 g/mol. The highest BCUT2D eigenvalue weighted by Gasteiger charge is 2.27. The second-order valence-electron chi connectivity index (χ2n) is 11.1. The molecular weight excluding hydrogens is 400 g/mol. The maximum Gasteiger partial charge on any atom is 0.269 e. The molecule has 0 amide bonds. The minimum atomic E-state index is 0.469. The van der Waals surface area contributed by atoms with Crippen molar-refractivity contribution in [3.63, 3.8) is 0 Å². The molecule has 176 valence electrons. The third-order valence-electron chi connectivity index (χ3n) is 7.28. The smallest absolute Gasteiger partial charge is 0.269 e. The number of para-hydroxylation sites is 2. The van der Waals surface area contributed by atoms with Crippen molar-refractivity contribution in [1.82, 2.24) is 4.57 Å². The van der Waals surface area contributed by atoms with Crippen LogP contribution >= 0.6 is 0 Å². The Morgan fingerprint density at radius 3 is 1.61 bits per heavy atom. The predicted octanol–water partition coefficient (Wildman–Crippen LogP) is 7.93. The monoisotopic (exact) mass is 442 g/mol. The lowest BCUT2D eigenvalue weighted by Gasteiger charge is -2.23. The van der Waals surface area contributed by atoms with Gasteiger partial charge in [-0.1, -0.05) is 105 Å². The highest BCUT2D eigenvalue weighted by molar-refractivity contribution is 5.53. The summed E-state index contributed by atoms with van der Waals surface area (Å²) in [6, 6.07) is 13.8. The van der Waals surface area contributed by atoms with Crippen molar-refractivity contribution < 1.29 is 4.57 Å². The fraction of sp³-hybridized carbons (Fsp3) is 0.516. The van der Waals surface area contributed by atoms with Gasteiger partial charge in [-0.2, -0.15) is 0 Å². The molecule has 0 unspecified atom stereocenters. The van der Waals surface area contributed by atoms with Crippen molar-refractivity contribution >= 4 is 0 Å². The zero-order valence-electron chi connectivity index (χ0n) is 22.0. The van der Waals surface area contributed by atoms with Crippen molar-refractivity contribution in [2.24, 2.45) is 0 Å². The van der Waals surface area contributed by atoms with E-state index in [0.717, 1.165) is 12.8 Å². The van der Waals surface area contributed by atoms with Crippen LogP contribution < -0.4 is 4.57 Å². The minimum absolute atomic E-state index is 0.469. The summed E-state index contributed by atoms with van der Waals surface area (Å²) in [6.07, 6.45) is 8.71. The van der Waals surface area contributed by atoms with Crippen molar-refractivity contribution in [3.8, 4) is 11.4 Å². The topological polar surface area (TPSA) is 8.81 Å². The van der Waals surface area contributed by atoms with E-state index < -0.39 is 0 Å². The molecule has 0 N–H and O–H groups in total. The number of aromatic nitrogens is 2. The molecule has 0 saturated heterocycles. The fourth-order valence-corrected chi connectivity index (χ4v) is 5.49. The number of rotatable bonds is 6. The lowest BCUT2D eigenvalue weighted by Crippen LogP contribution is -2.37. The SMILES string of the molecule is CC(C)c1cccc(C(C)C)c1-n1[c-][n+](-c2c(C(C)C)cccc2C(C)C)c2c1CCCC2. The van der Waals surface area contributed by atoms with Crippen LogP contribution in [0.25, 0.3) is 11.4 Å². The second-order valence-corrected chi connectivity index (χ2v) is 11.1. The van der Waals surface area contributed by atoms with Crippen LogP contribution in [0.5, 0.6) is 0 Å². The van der Waals surface area contributed by atoms with Gasteiger partial charge in [0.2, 0.25) is 0 Å². The van der Waals surface area contributed by atoms with Gasteiger partial charge in [-0.25, -0.2) is 0 Å². The maximum atomic E-state index is 3.94. The van der Waals surface area contributed by atoms with E-state index in [4.69, 9.17) is 0 Å². The van der Waals surface area contributed by atoms with E-state index in [9.17, 15) is 0 Å². The van der Waals surface area contributed by atoms with Crippen LogP contribution in [-0.4, -0.2) is 4.57 Å². The molecule has 0 fully saturated rings. The van der Waals surface area contributed by atoms with Gasteiger partial charge in [0, 0.05) is 0 Å². The number of fused-ring (bicyclic) bond motifs is 1. The van der Waals surface area contributed by atoms with Gasteiger partial charge >= 0.3 is 0 Å². The fourth-order valence-electron chi connectivity index (χ4n) is 5.49. The molecule has 0 atom stereocenters. The van der Waals surface area contributed by atoms with E-state index >= 15 is 0 Å². The number of imidazole rings is 1. The number of hydrogen-bond donors (Lipinski definition) is 0. The molecule has 2 nitrogen and oxygen atoms in total. The van der Waals surface area contributed by atoms with E-state index in [-0.39, 0.29) is 0 Å². The first-order chi connectivity index (χ1) is 15.7. The zero-order valence-corrected chi connectivity index (χ0v) is 22.0. The molecule has 33 heavy (non-hydrogen) atoms. The predicted molar refractivity (Wildman–Crippen MR) is 139 cm³/mol. The molecule has 1 aliphatic carbocycles. The number of hydrogen-bond acceptors (Lipinski definition) is 0. The summed E-state index contributed by atoms with van der Waals surface area (Å²) >= 11 is 0. The van der Waals surface area contributed by atoms with E-state index in [0.29, 0.717) is 23.7 Å². The molecule has 2 aromatic carbocycles. The largest absolute Gasteiger partial charge is 0.295 e. The zero-order chi connectivity index (χ0) is 23.9. The highest BCUT2D eigenvalue weighted by Crippen LogP contribution is 2.35. The Bertz CT molecular complexity index is 988. The first-order valence-corrected chi connectivity index (χ1v) is 13.1. The van der Waals surface area contributed by atoms with Crippen LogP contribution in [0.1, 0.15) is 126 Å². The highest BCUT2D eigenvalue weighted by atomic mass is 15.2. The third kappa shape index (κ3) is 4.29. The van der Waals surface area contributed by atoms with Gasteiger partial charge in [-0.05, 0) is 58.8 Å². The Balaban J connectivity index is 2.08. The lowest BCUT2D eigenvalue weighted by atomic mass is 9.91. The van der Waals surface area contributed by atoms with Gasteiger partial charge in [-0.15, -0.1) is 0 Å². The molecule has 0 spiro atoms. The number of benzene rings is 2. The standard InChI is InChI=1S/C31H42N2/c1-20(2)24-13-11-14-25(21(3)4)30(24)32-19-33(29-18-10-9-17-28(29)32)31-26(22(5)6)15-12-16-27(31)23(7)8/h11-16,20-23H,9-10,17-18H2,1-8H3. The molecule has 2 heteroatoms. The molecule has 1 heterocycles. The van der Waals surface area contributed by atoms with Crippen LogP contribution in [-0.2, 0) is 12.8 Å². The lowest BCUT2D eigenvalue weighted by molar-refractivity contribution is -0.609. The van der Waals surface area contributed by atoms with Gasteiger partial charge < -0.3 is 0 Å². The summed E-state index contributed by atoms with van der Waals surface area (Å²) in [4.78, 5) is 0. The van der Waals surface area contributed by atoms with Crippen LogP contribution in [0.3, 0.4) is 0 Å². The average Bonchev–Trinajstić information content (AvgIpc) is 3.16. The molecule has 1 aromatic heterocycles. The summed E-state index contributed by atoms with van der Waals surface area (Å²) in [7, 11) is 0. The molecule has 4 rings (SSSR count). The van der Waals surface area contributed by atoms with Crippen LogP contribution in [0.4, 0.5) is 0 Å². The van der Waals surface area contributed by atoms with Crippen LogP contribution in [0, 0.1) is 6.33 Å². The van der Waals surface area contributed by atoms with Crippen LogP contribution in [0.2, 0.25) is 0 Å². The van der Waals surface area contributed by atoms with Crippen molar-refractivity contribution in [1.29, 1.82) is 0 Å². The molecule has 0 aliphatic heterocycles. The Labute approximate surface area is 201 Å². The summed E-state index contributed by atoms with van der Waals surface area (Å²) < 4.78 is 4.92. The second kappa shape index (κ2) is 9.49. The Morgan fingerprint density at radius 1 is 0.667 bits per heavy atom. The van der Waals surface area contributed by atoms with Crippen LogP contribution in [0.15, 0.2) is 36.4 Å². The normalized spacial score (nSPS) is 14.1. The molecule has 3 aromatic rings. The first kappa shape index (κ1) is 23.8. The summed E-state index contributed by atoms with van der Waals surface area (Å²) in [5.74, 6) is 1.88. The van der Waals surface area contributed by atoms with Crippen molar-refractivity contribution in [2.75, 3.05) is 0 Å². The number of nitrogens with zero attached hydrogens (tertiary/aromatic N) is 2. The van der Waals surface area contributed by atoms with E-state index in [1.807, 2.05) is 0 Å². The maximum absolute atomic E-state index is 3.94. The van der Waals surface area contributed by atoms with E-state index in [1.54, 1.807) is 0 Å². The Kier molecular flexibility index (Phi) is 6.84. The minimum Gasteiger partial charge on any atom is -0.295 e. The van der Waals surface area contributed by atoms with Crippen molar-refractivity contribution in [2.45, 2.75) is 105 Å². The molecule has 1 aliphatic rings. The molecular formula is C31H42N2. The molecule has 0 saturated carbocycles. The van der Waals surface area contributed by atoms with E-state index in [2.05, 4.69) is 107 Å². The summed E-state index contributed by atoms with van der Waals surface area (Å²) in [5, 5.41) is 0. The Hall–Kier alpha value is -2.35. The third-order valence-corrected chi connectivity index (χ3v) is 7.28. The quantitative estimate of drug-likeness (QED) is 0.271. The van der Waals surface area contributed by atoms with E-state index in [1.165, 1.54) is 57.9 Å².